The molecule has 2 saturated heterocycles. The van der Waals surface area contributed by atoms with E-state index in [0.717, 1.165) is 51.4 Å². The summed E-state index contributed by atoms with van der Waals surface area (Å²) < 4.78 is 7.25. The van der Waals surface area contributed by atoms with Gasteiger partial charge in [0.15, 0.2) is 0 Å². The molecule has 6 nitrogen and oxygen atoms in total. The van der Waals surface area contributed by atoms with Crippen LogP contribution in [0.2, 0.25) is 0 Å². The summed E-state index contributed by atoms with van der Waals surface area (Å²) in [6.45, 7) is 10.4. The topological polar surface area (TPSA) is 41.0 Å². The number of aryl methyl sites for hydroxylation is 1. The Labute approximate surface area is 176 Å². The third-order valence-electron chi connectivity index (χ3n) is 6.74. The Kier molecular flexibility index (Phi) is 8.57. The molecule has 2 aliphatic heterocycles. The maximum absolute atomic E-state index is 13.3. The van der Waals surface area contributed by atoms with Crippen molar-refractivity contribution in [2.45, 2.75) is 45.1 Å². The van der Waals surface area contributed by atoms with Crippen LogP contribution in [-0.2, 0) is 23.0 Å². The SMILES string of the molecule is CCN1CCCC1CN(CC1CCN(CCOC)CC1)C(=O)Cc1ccn(C)c1. The Morgan fingerprint density at radius 3 is 2.66 bits per heavy atom. The number of aromatic nitrogens is 1. The molecule has 1 unspecified atom stereocenters. The number of hydrogen-bond donors (Lipinski definition) is 0. The first-order valence-electron chi connectivity index (χ1n) is 11.4. The molecule has 0 N–H and O–H groups in total. The zero-order chi connectivity index (χ0) is 20.6. The number of likely N-dealkylation sites (tertiary alicyclic amines) is 2. The maximum Gasteiger partial charge on any atom is 0.227 e. The molecule has 3 heterocycles. The molecule has 1 aromatic heterocycles. The summed E-state index contributed by atoms with van der Waals surface area (Å²) in [6.07, 6.45) is 9.46. The number of nitrogens with zero attached hydrogens (tertiary/aromatic N) is 4. The van der Waals surface area contributed by atoms with Gasteiger partial charge in [-0.1, -0.05) is 6.92 Å². The fourth-order valence-corrected chi connectivity index (χ4v) is 4.93. The molecule has 0 aromatic carbocycles. The number of methoxy groups -OCH3 is 1. The lowest BCUT2D eigenvalue weighted by Gasteiger charge is -2.36. The monoisotopic (exact) mass is 404 g/mol. The van der Waals surface area contributed by atoms with E-state index in [2.05, 4.69) is 33.9 Å². The molecule has 2 aliphatic rings. The Morgan fingerprint density at radius 1 is 1.21 bits per heavy atom. The highest BCUT2D eigenvalue weighted by molar-refractivity contribution is 5.78. The molecular formula is C23H40N4O2. The van der Waals surface area contributed by atoms with Crippen molar-refractivity contribution >= 4 is 5.91 Å². The van der Waals surface area contributed by atoms with Crippen molar-refractivity contribution in [3.8, 4) is 0 Å². The summed E-state index contributed by atoms with van der Waals surface area (Å²) in [5, 5.41) is 0. The first kappa shape index (κ1) is 22.3. The molecule has 1 atom stereocenters. The molecule has 0 radical (unpaired) electrons. The van der Waals surface area contributed by atoms with Crippen molar-refractivity contribution in [2.75, 3.05) is 59.5 Å². The fraction of sp³-hybridized carbons (Fsp3) is 0.783. The lowest BCUT2D eigenvalue weighted by atomic mass is 9.95. The van der Waals surface area contributed by atoms with E-state index in [1.54, 1.807) is 7.11 Å². The summed E-state index contributed by atoms with van der Waals surface area (Å²) in [6, 6.07) is 2.60. The zero-order valence-electron chi connectivity index (χ0n) is 18.7. The summed E-state index contributed by atoms with van der Waals surface area (Å²) in [7, 11) is 3.78. The lowest BCUT2D eigenvalue weighted by molar-refractivity contribution is -0.132. The van der Waals surface area contributed by atoms with Gasteiger partial charge in [-0.25, -0.2) is 0 Å². The number of piperidine rings is 1. The second-order valence-electron chi connectivity index (χ2n) is 8.86. The van der Waals surface area contributed by atoms with Gasteiger partial charge in [0.2, 0.25) is 5.91 Å². The molecule has 2 fully saturated rings. The Hall–Kier alpha value is -1.37. The van der Waals surface area contributed by atoms with E-state index < -0.39 is 0 Å². The van der Waals surface area contributed by atoms with Gasteiger partial charge in [0.05, 0.1) is 13.0 Å². The molecule has 0 aliphatic carbocycles. The number of likely N-dealkylation sites (N-methyl/N-ethyl adjacent to an activating group) is 1. The third-order valence-corrected chi connectivity index (χ3v) is 6.74. The van der Waals surface area contributed by atoms with E-state index in [9.17, 15) is 4.79 Å². The second-order valence-corrected chi connectivity index (χ2v) is 8.86. The van der Waals surface area contributed by atoms with Crippen molar-refractivity contribution < 1.29 is 9.53 Å². The number of ether oxygens (including phenoxy) is 1. The molecule has 1 amide bonds. The molecule has 164 valence electrons. The Balaban J connectivity index is 1.58. The zero-order valence-corrected chi connectivity index (χ0v) is 18.7. The highest BCUT2D eigenvalue weighted by atomic mass is 16.5. The number of rotatable bonds is 10. The van der Waals surface area contributed by atoms with Gasteiger partial charge in [0, 0.05) is 52.2 Å². The number of amides is 1. The standard InChI is InChI=1S/C23H40N4O2/c1-4-26-10-5-6-22(26)19-27(23(28)16-21-7-11-24(2)17-21)18-20-8-12-25(13-9-20)14-15-29-3/h7,11,17,20,22H,4-6,8-10,12-16,18-19H2,1-3H3. The van der Waals surface area contributed by atoms with E-state index in [-0.39, 0.29) is 0 Å². The van der Waals surface area contributed by atoms with Gasteiger partial charge < -0.3 is 19.1 Å². The van der Waals surface area contributed by atoms with Crippen molar-refractivity contribution in [2.24, 2.45) is 13.0 Å². The van der Waals surface area contributed by atoms with Crippen LogP contribution in [0.1, 0.15) is 38.2 Å². The normalized spacial score (nSPS) is 21.7. The van der Waals surface area contributed by atoms with Crippen LogP contribution >= 0.6 is 0 Å². The number of hydrogen-bond acceptors (Lipinski definition) is 4. The molecule has 0 bridgehead atoms. The first-order valence-corrected chi connectivity index (χ1v) is 11.4. The van der Waals surface area contributed by atoms with Gasteiger partial charge in [-0.3, -0.25) is 9.69 Å². The predicted octanol–water partition coefficient (Wildman–Crippen LogP) is 2.24. The molecule has 29 heavy (non-hydrogen) atoms. The van der Waals surface area contributed by atoms with E-state index in [1.165, 1.54) is 32.2 Å². The number of carbonyl (C=O) groups is 1. The van der Waals surface area contributed by atoms with Gasteiger partial charge in [0.25, 0.3) is 0 Å². The number of carbonyl (C=O) groups excluding carboxylic acids is 1. The van der Waals surface area contributed by atoms with Crippen molar-refractivity contribution in [3.63, 3.8) is 0 Å². The van der Waals surface area contributed by atoms with Crippen molar-refractivity contribution in [3.05, 3.63) is 24.0 Å². The Morgan fingerprint density at radius 2 is 2.00 bits per heavy atom. The summed E-state index contributed by atoms with van der Waals surface area (Å²) >= 11 is 0. The average molecular weight is 405 g/mol. The molecule has 6 heteroatoms. The van der Waals surface area contributed by atoms with Crippen LogP contribution in [0.15, 0.2) is 18.5 Å². The molecule has 0 spiro atoms. The highest BCUT2D eigenvalue weighted by Crippen LogP contribution is 2.22. The Bertz CT molecular complexity index is 624. The van der Waals surface area contributed by atoms with Gasteiger partial charge in [-0.15, -0.1) is 0 Å². The summed E-state index contributed by atoms with van der Waals surface area (Å²) in [5.74, 6) is 0.908. The molecule has 3 rings (SSSR count). The van der Waals surface area contributed by atoms with Crippen LogP contribution in [0.25, 0.3) is 0 Å². The minimum atomic E-state index is 0.293. The third kappa shape index (κ3) is 6.56. The van der Waals surface area contributed by atoms with E-state index >= 15 is 0 Å². The lowest BCUT2D eigenvalue weighted by Crippen LogP contribution is -2.47. The molecule has 1 aromatic rings. The second kappa shape index (κ2) is 11.1. The van der Waals surface area contributed by atoms with E-state index in [1.807, 2.05) is 17.8 Å². The minimum Gasteiger partial charge on any atom is -0.383 e. The molecular weight excluding hydrogens is 364 g/mol. The van der Waals surface area contributed by atoms with Crippen LogP contribution in [0, 0.1) is 5.92 Å². The smallest absolute Gasteiger partial charge is 0.227 e. The fourth-order valence-electron chi connectivity index (χ4n) is 4.93. The van der Waals surface area contributed by atoms with Crippen LogP contribution in [0.5, 0.6) is 0 Å². The minimum absolute atomic E-state index is 0.293. The van der Waals surface area contributed by atoms with Crippen molar-refractivity contribution in [1.29, 1.82) is 0 Å². The van der Waals surface area contributed by atoms with E-state index in [4.69, 9.17) is 4.74 Å². The quantitative estimate of drug-likeness (QED) is 0.600. The van der Waals surface area contributed by atoms with Gasteiger partial charge >= 0.3 is 0 Å². The predicted molar refractivity (Wildman–Crippen MR) is 117 cm³/mol. The molecule has 0 saturated carbocycles. The maximum atomic E-state index is 13.3. The average Bonchev–Trinajstić information content (AvgIpc) is 3.35. The van der Waals surface area contributed by atoms with Crippen molar-refractivity contribution in [1.82, 2.24) is 19.3 Å². The van der Waals surface area contributed by atoms with Crippen LogP contribution < -0.4 is 0 Å². The largest absolute Gasteiger partial charge is 0.383 e. The van der Waals surface area contributed by atoms with Gasteiger partial charge in [-0.2, -0.15) is 0 Å². The van der Waals surface area contributed by atoms with Crippen LogP contribution in [0.3, 0.4) is 0 Å². The van der Waals surface area contributed by atoms with E-state index in [0.29, 0.717) is 24.3 Å². The summed E-state index contributed by atoms with van der Waals surface area (Å²) in [5.41, 5.74) is 1.12. The summed E-state index contributed by atoms with van der Waals surface area (Å²) in [4.78, 5) is 20.5. The van der Waals surface area contributed by atoms with Crippen LogP contribution in [0.4, 0.5) is 0 Å². The van der Waals surface area contributed by atoms with Gasteiger partial charge in [0.1, 0.15) is 0 Å². The van der Waals surface area contributed by atoms with Gasteiger partial charge in [-0.05, 0) is 69.4 Å². The van der Waals surface area contributed by atoms with Crippen LogP contribution in [-0.4, -0.2) is 90.7 Å². The highest BCUT2D eigenvalue weighted by Gasteiger charge is 2.29. The first-order chi connectivity index (χ1) is 14.1.